The lowest BCUT2D eigenvalue weighted by Crippen LogP contribution is -2.47. The van der Waals surface area contributed by atoms with E-state index < -0.39 is 59.9 Å². The van der Waals surface area contributed by atoms with Gasteiger partial charge in [-0.2, -0.15) is 13.2 Å². The topological polar surface area (TPSA) is 174 Å². The molecule has 2 aromatic heterocycles. The minimum absolute atomic E-state index is 0.0220. The molecule has 0 unspecified atom stereocenters. The summed E-state index contributed by atoms with van der Waals surface area (Å²) in [7, 11) is -13.4. The van der Waals surface area contributed by atoms with Crippen LogP contribution in [0.4, 0.5) is 24.5 Å². The van der Waals surface area contributed by atoms with Crippen molar-refractivity contribution in [3.8, 4) is 11.5 Å². The monoisotopic (exact) mass is 1030 g/mol. The van der Waals surface area contributed by atoms with Crippen LogP contribution in [-0.2, 0) is 24.4 Å². The summed E-state index contributed by atoms with van der Waals surface area (Å²) in [6.45, 7) is 12.8. The molecule has 69 heavy (non-hydrogen) atoms. The molecule has 0 saturated carbocycles. The number of carbonyl (C=O) groups excluding carboxylic acids is 1. The van der Waals surface area contributed by atoms with Crippen molar-refractivity contribution in [2.75, 3.05) is 81.6 Å². The number of allylic oxidation sites excluding steroid dienone is 1. The Morgan fingerprint density at radius 3 is 2.35 bits per heavy atom. The van der Waals surface area contributed by atoms with Crippen molar-refractivity contribution >= 4 is 72.5 Å². The lowest BCUT2D eigenvalue weighted by molar-refractivity contribution is -0.0435. The highest BCUT2D eigenvalue weighted by Gasteiger charge is 2.48. The van der Waals surface area contributed by atoms with E-state index >= 15 is 0 Å². The molecular weight excluding hydrogens is 974 g/mol. The van der Waals surface area contributed by atoms with Crippen LogP contribution in [0.1, 0.15) is 56.0 Å². The molecule has 370 valence electrons. The molecule has 8 rings (SSSR count). The normalized spacial score (nSPS) is 18.8. The number of sulfonamides is 1. The lowest BCUT2D eigenvalue weighted by Gasteiger charge is -2.39. The van der Waals surface area contributed by atoms with Crippen LogP contribution in [0, 0.1) is 5.41 Å². The maximum atomic E-state index is 14.1. The smallest absolute Gasteiger partial charge is 0.455 e. The van der Waals surface area contributed by atoms with E-state index in [4.69, 9.17) is 16.3 Å². The summed E-state index contributed by atoms with van der Waals surface area (Å²) in [5, 5.41) is 4.20. The summed E-state index contributed by atoms with van der Waals surface area (Å²) >= 11 is 6.23. The highest BCUT2D eigenvalue weighted by Crippen LogP contribution is 2.45. The third-order valence-corrected chi connectivity index (χ3v) is 18.5. The van der Waals surface area contributed by atoms with Gasteiger partial charge in [-0.15, -0.1) is 0 Å². The number of anilines is 2. The van der Waals surface area contributed by atoms with Gasteiger partial charge >= 0.3 is 5.51 Å². The minimum atomic E-state index is -6.10. The van der Waals surface area contributed by atoms with Gasteiger partial charge in [0.1, 0.15) is 22.0 Å². The number of piperazine rings is 1. The fourth-order valence-electron chi connectivity index (χ4n) is 9.16. The van der Waals surface area contributed by atoms with Gasteiger partial charge < -0.3 is 29.4 Å². The van der Waals surface area contributed by atoms with E-state index in [0.717, 1.165) is 51.0 Å². The highest BCUT2D eigenvalue weighted by atomic mass is 35.5. The quantitative estimate of drug-likeness (QED) is 0.0901. The predicted octanol–water partition coefficient (Wildman–Crippen LogP) is 9.32. The number of pyridine rings is 1. The van der Waals surface area contributed by atoms with Gasteiger partial charge in [-0.05, 0) is 104 Å². The van der Waals surface area contributed by atoms with Gasteiger partial charge in [0, 0.05) is 99.1 Å². The van der Waals surface area contributed by atoms with Crippen LogP contribution >= 0.6 is 18.7 Å². The van der Waals surface area contributed by atoms with Crippen LogP contribution < -0.4 is 19.7 Å². The van der Waals surface area contributed by atoms with Crippen LogP contribution in [0.3, 0.4) is 0 Å². The van der Waals surface area contributed by atoms with E-state index in [9.17, 15) is 39.4 Å². The largest absolute Gasteiger partial charge is 0.501 e. The summed E-state index contributed by atoms with van der Waals surface area (Å²) in [6, 6.07) is 17.9. The number of ether oxygens (including phenoxy) is 1. The Balaban J connectivity index is 1.03. The number of amides is 1. The Morgan fingerprint density at radius 2 is 1.65 bits per heavy atom. The van der Waals surface area contributed by atoms with Crippen molar-refractivity contribution in [3.05, 3.63) is 107 Å². The highest BCUT2D eigenvalue weighted by molar-refractivity contribution is 7.92. The number of H-pyrrole nitrogens is 1. The Morgan fingerprint density at radius 1 is 0.942 bits per heavy atom. The van der Waals surface area contributed by atoms with Crippen molar-refractivity contribution in [2.45, 2.75) is 61.4 Å². The second kappa shape index (κ2) is 19.7. The molecule has 1 amide bonds. The first-order valence-electron chi connectivity index (χ1n) is 22.7. The summed E-state index contributed by atoms with van der Waals surface area (Å²) in [5.74, 6) is -0.954. The zero-order valence-electron chi connectivity index (χ0n) is 38.8. The van der Waals surface area contributed by atoms with Crippen molar-refractivity contribution < 1.29 is 44.1 Å². The second-order valence-electron chi connectivity index (χ2n) is 19.2. The van der Waals surface area contributed by atoms with Crippen molar-refractivity contribution in [3.63, 3.8) is 0 Å². The first kappa shape index (κ1) is 50.5. The molecular formula is C48H56ClF3N7O7PS2. The molecule has 5 aromatic rings. The number of hydrogen-bond donors (Lipinski definition) is 3. The Labute approximate surface area is 406 Å². The van der Waals surface area contributed by atoms with Crippen molar-refractivity contribution in [1.29, 1.82) is 0 Å². The number of fused-ring (bicyclic) bond motifs is 1. The summed E-state index contributed by atoms with van der Waals surface area (Å²) in [5.41, 5.74) is -1.04. The Hall–Kier alpha value is -4.91. The molecule has 3 aliphatic rings. The van der Waals surface area contributed by atoms with Crippen molar-refractivity contribution in [2.24, 2.45) is 5.41 Å². The van der Waals surface area contributed by atoms with Gasteiger partial charge in [0.05, 0.1) is 29.5 Å². The van der Waals surface area contributed by atoms with Gasteiger partial charge in [-0.25, -0.2) is 26.5 Å². The molecule has 3 N–H and O–H groups in total. The van der Waals surface area contributed by atoms with E-state index in [2.05, 4.69) is 51.1 Å². The van der Waals surface area contributed by atoms with E-state index in [1.54, 1.807) is 44.1 Å². The fourth-order valence-corrected chi connectivity index (χ4v) is 12.9. The molecule has 2 fully saturated rings. The maximum Gasteiger partial charge on any atom is 0.501 e. The molecule has 3 aromatic carbocycles. The summed E-state index contributed by atoms with van der Waals surface area (Å²) < 4.78 is 117. The number of carbonyl (C=O) groups is 1. The van der Waals surface area contributed by atoms with Gasteiger partial charge in [0.2, 0.25) is 0 Å². The van der Waals surface area contributed by atoms with Crippen molar-refractivity contribution in [1.82, 2.24) is 24.5 Å². The molecule has 0 spiro atoms. The zero-order valence-corrected chi connectivity index (χ0v) is 42.1. The maximum absolute atomic E-state index is 14.1. The number of nitrogens with one attached hydrogen (secondary N) is 3. The number of sulfone groups is 1. The van der Waals surface area contributed by atoms with Crippen LogP contribution in [0.25, 0.3) is 16.6 Å². The number of nitrogens with zero attached hydrogens (tertiary/aromatic N) is 4. The third-order valence-electron chi connectivity index (χ3n) is 13.1. The van der Waals surface area contributed by atoms with Crippen LogP contribution in [-0.4, -0.2) is 125 Å². The zero-order chi connectivity index (χ0) is 49.5. The number of rotatable bonds is 14. The fraction of sp³-hybridized carbons (Fsp3) is 0.417. The Bertz CT molecular complexity index is 3040. The van der Waals surface area contributed by atoms with Gasteiger partial charge in [-0.1, -0.05) is 43.2 Å². The van der Waals surface area contributed by atoms with Gasteiger partial charge in [0.25, 0.3) is 25.8 Å². The number of halogens is 4. The van der Waals surface area contributed by atoms with E-state index in [1.165, 1.54) is 29.0 Å². The van der Waals surface area contributed by atoms with E-state index in [0.29, 0.717) is 72.9 Å². The SMILES string of the molecule is C[C@@H](CN1CCP(C)(=O)CC1)Nc1ccc(S(=O)(=O)NC(=O)c2ccc(N3CCN(CC4=C(c5ccc(Cl)cc5)CC(C)(C)CC4)CC3)cc2Oc2cnc3[nH]ccc3c2)cc1S(=O)(=O)C(F)(F)F. The van der Waals surface area contributed by atoms with Crippen LogP contribution in [0.5, 0.6) is 11.5 Å². The van der Waals surface area contributed by atoms with Gasteiger partial charge in [-0.3, -0.25) is 9.69 Å². The average Bonchev–Trinajstić information content (AvgIpc) is 3.76. The molecule has 21 heteroatoms. The molecule has 1 atom stereocenters. The molecule has 14 nitrogen and oxygen atoms in total. The minimum Gasteiger partial charge on any atom is -0.455 e. The van der Waals surface area contributed by atoms with E-state index in [1.807, 2.05) is 21.8 Å². The van der Waals surface area contributed by atoms with Gasteiger partial charge in [0.15, 0.2) is 0 Å². The summed E-state index contributed by atoms with van der Waals surface area (Å²) in [4.78, 5) is 25.8. The van der Waals surface area contributed by atoms with E-state index in [-0.39, 0.29) is 22.5 Å². The average molecular weight is 1030 g/mol. The number of aromatic amines is 1. The standard InChI is InChI=1S/C48H56ClF3N7O7PS2/c1-32(30-58-21-23-67(4,61)24-22-58)55-42-12-10-39(27-44(42)68(62,63)48(50,51)52)69(64,65)56-46(60)40-11-9-37(26-43(40)66-38-25-34-14-16-53-45(34)54-29-38)59-19-17-57(18-20-59)31-35-13-15-47(2,3)28-41(35)33-5-7-36(49)8-6-33/h5-12,14,16,25-27,29,32,55H,13,15,17-24,28,30-31H2,1-4H3,(H,53,54)(H,56,60)/t32-/m0/s1. The van der Waals surface area contributed by atoms with Crippen LogP contribution in [0.2, 0.25) is 5.02 Å². The molecule has 4 heterocycles. The number of alkyl halides is 3. The summed E-state index contributed by atoms with van der Waals surface area (Å²) in [6.07, 6.45) is 7.15. The molecule has 0 radical (unpaired) electrons. The third kappa shape index (κ3) is 11.8. The number of hydrogen-bond acceptors (Lipinski definition) is 12. The lowest BCUT2D eigenvalue weighted by atomic mass is 9.72. The first-order chi connectivity index (χ1) is 32.4. The Kier molecular flexibility index (Phi) is 14.4. The molecule has 1 aliphatic carbocycles. The first-order valence-corrected chi connectivity index (χ1v) is 28.6. The van der Waals surface area contributed by atoms with Crippen LogP contribution in [0.15, 0.2) is 101 Å². The molecule has 2 aliphatic heterocycles. The molecule has 2 saturated heterocycles. The number of benzene rings is 3. The second-order valence-corrected chi connectivity index (χ2v) is 26.7. The number of aromatic nitrogens is 2. The molecule has 0 bridgehead atoms. The predicted molar refractivity (Wildman–Crippen MR) is 264 cm³/mol.